The van der Waals surface area contributed by atoms with Crippen LogP contribution in [0.1, 0.15) is 17.3 Å². The van der Waals surface area contributed by atoms with E-state index < -0.39 is 15.9 Å². The largest absolute Gasteiger partial charge is 0.497 e. The van der Waals surface area contributed by atoms with Crippen molar-refractivity contribution in [2.24, 2.45) is 0 Å². The van der Waals surface area contributed by atoms with Gasteiger partial charge in [0.15, 0.2) is 4.34 Å². The third-order valence-electron chi connectivity index (χ3n) is 4.09. The summed E-state index contributed by atoms with van der Waals surface area (Å²) >= 11 is 2.80. The highest BCUT2D eigenvalue weighted by Crippen LogP contribution is 2.27. The first-order valence-electron chi connectivity index (χ1n) is 8.86. The summed E-state index contributed by atoms with van der Waals surface area (Å²) in [5.74, 6) is 1.02. The standard InChI is InChI=1S/C19H20N4O4S3/c1-4-28-19-22-21-18(29-19)20-17(24)13-6-5-7-16(12-13)30(25,26)23(2)14-8-10-15(27-3)11-9-14/h5-12H,4H2,1-3H3,(H,20,21,24). The molecular weight excluding hydrogens is 444 g/mol. The molecule has 1 N–H and O–H groups in total. The normalized spacial score (nSPS) is 11.2. The van der Waals surface area contributed by atoms with Crippen LogP contribution >= 0.6 is 23.1 Å². The van der Waals surface area contributed by atoms with E-state index in [1.165, 1.54) is 55.5 Å². The zero-order valence-electron chi connectivity index (χ0n) is 16.5. The average Bonchev–Trinajstić information content (AvgIpc) is 3.20. The molecule has 1 aromatic heterocycles. The van der Waals surface area contributed by atoms with Gasteiger partial charge in [-0.15, -0.1) is 10.2 Å². The van der Waals surface area contributed by atoms with Gasteiger partial charge in [-0.3, -0.25) is 14.4 Å². The number of methoxy groups -OCH3 is 1. The molecule has 0 aliphatic heterocycles. The molecule has 0 radical (unpaired) electrons. The van der Waals surface area contributed by atoms with Crippen molar-refractivity contribution in [3.8, 4) is 5.75 Å². The Hall–Kier alpha value is -2.63. The predicted octanol–water partition coefficient (Wildman–Crippen LogP) is 3.74. The molecule has 0 bridgehead atoms. The Morgan fingerprint density at radius 3 is 2.60 bits per heavy atom. The van der Waals surface area contributed by atoms with Crippen LogP contribution in [0.25, 0.3) is 0 Å². The molecule has 0 aliphatic rings. The Labute approximate surface area is 183 Å². The summed E-state index contributed by atoms with van der Waals surface area (Å²) < 4.78 is 33.1. The number of thioether (sulfide) groups is 1. The maximum absolute atomic E-state index is 13.0. The highest BCUT2D eigenvalue weighted by atomic mass is 32.2. The van der Waals surface area contributed by atoms with Crippen LogP contribution in [0.3, 0.4) is 0 Å². The van der Waals surface area contributed by atoms with Gasteiger partial charge in [0.25, 0.3) is 15.9 Å². The number of nitrogens with zero attached hydrogens (tertiary/aromatic N) is 3. The summed E-state index contributed by atoms with van der Waals surface area (Å²) in [6.45, 7) is 2.00. The maximum Gasteiger partial charge on any atom is 0.264 e. The molecule has 3 aromatic rings. The maximum atomic E-state index is 13.0. The fourth-order valence-electron chi connectivity index (χ4n) is 2.50. The Morgan fingerprint density at radius 1 is 1.20 bits per heavy atom. The minimum absolute atomic E-state index is 0.00737. The van der Waals surface area contributed by atoms with Crippen molar-refractivity contribution in [3.05, 3.63) is 54.1 Å². The number of aromatic nitrogens is 2. The molecule has 11 heteroatoms. The Balaban J connectivity index is 1.80. The van der Waals surface area contributed by atoms with Gasteiger partial charge < -0.3 is 4.74 Å². The number of ether oxygens (including phenoxy) is 1. The van der Waals surface area contributed by atoms with Gasteiger partial charge >= 0.3 is 0 Å². The first-order valence-corrected chi connectivity index (χ1v) is 12.1. The highest BCUT2D eigenvalue weighted by molar-refractivity contribution is 8.01. The van der Waals surface area contributed by atoms with Gasteiger partial charge in [0.1, 0.15) is 5.75 Å². The first-order chi connectivity index (χ1) is 14.3. The lowest BCUT2D eigenvalue weighted by atomic mass is 10.2. The van der Waals surface area contributed by atoms with E-state index in [9.17, 15) is 13.2 Å². The zero-order valence-corrected chi connectivity index (χ0v) is 19.0. The summed E-state index contributed by atoms with van der Waals surface area (Å²) in [5, 5.41) is 10.9. The van der Waals surface area contributed by atoms with E-state index in [4.69, 9.17) is 4.74 Å². The molecule has 0 unspecified atom stereocenters. The number of hydrogen-bond donors (Lipinski definition) is 1. The molecule has 30 heavy (non-hydrogen) atoms. The zero-order chi connectivity index (χ0) is 21.7. The van der Waals surface area contributed by atoms with Crippen LogP contribution in [-0.4, -0.2) is 44.4 Å². The van der Waals surface area contributed by atoms with E-state index in [-0.39, 0.29) is 10.5 Å². The molecule has 158 valence electrons. The topological polar surface area (TPSA) is 101 Å². The van der Waals surface area contributed by atoms with Crippen LogP contribution in [0.5, 0.6) is 5.75 Å². The third-order valence-corrected chi connectivity index (χ3v) is 7.72. The van der Waals surface area contributed by atoms with E-state index in [0.717, 1.165) is 14.4 Å². The fraction of sp³-hybridized carbons (Fsp3) is 0.211. The molecule has 0 atom stereocenters. The molecule has 0 aliphatic carbocycles. The molecule has 3 rings (SSSR count). The number of benzene rings is 2. The number of nitrogens with one attached hydrogen (secondary N) is 1. The Morgan fingerprint density at radius 2 is 1.93 bits per heavy atom. The van der Waals surface area contributed by atoms with Gasteiger partial charge in [0, 0.05) is 12.6 Å². The van der Waals surface area contributed by atoms with Gasteiger partial charge in [-0.05, 0) is 48.2 Å². The van der Waals surface area contributed by atoms with Crippen molar-refractivity contribution in [3.63, 3.8) is 0 Å². The number of carbonyl (C=O) groups excluding carboxylic acids is 1. The first kappa shape index (κ1) is 22.1. The quantitative estimate of drug-likeness (QED) is 0.400. The predicted molar refractivity (Wildman–Crippen MR) is 119 cm³/mol. The minimum Gasteiger partial charge on any atom is -0.497 e. The second kappa shape index (κ2) is 9.45. The second-order valence-electron chi connectivity index (χ2n) is 5.96. The number of hydrogen-bond acceptors (Lipinski definition) is 8. The van der Waals surface area contributed by atoms with E-state index >= 15 is 0 Å². The summed E-state index contributed by atoms with van der Waals surface area (Å²) in [4.78, 5) is 12.6. The molecule has 0 saturated heterocycles. The number of carbonyl (C=O) groups is 1. The van der Waals surface area contributed by atoms with Crippen molar-refractivity contribution < 1.29 is 17.9 Å². The molecule has 8 nitrogen and oxygen atoms in total. The van der Waals surface area contributed by atoms with Crippen molar-refractivity contribution >= 4 is 49.8 Å². The van der Waals surface area contributed by atoms with Crippen LogP contribution in [-0.2, 0) is 10.0 Å². The molecule has 1 heterocycles. The molecule has 2 aromatic carbocycles. The van der Waals surface area contributed by atoms with Gasteiger partial charge in [0.2, 0.25) is 5.13 Å². The summed E-state index contributed by atoms with van der Waals surface area (Å²) in [6, 6.07) is 12.5. The molecule has 0 fully saturated rings. The van der Waals surface area contributed by atoms with Crippen molar-refractivity contribution in [2.45, 2.75) is 16.2 Å². The van der Waals surface area contributed by atoms with Gasteiger partial charge in [-0.1, -0.05) is 36.1 Å². The van der Waals surface area contributed by atoms with E-state index in [2.05, 4.69) is 15.5 Å². The van der Waals surface area contributed by atoms with Gasteiger partial charge in [0.05, 0.1) is 17.7 Å². The van der Waals surface area contributed by atoms with Crippen molar-refractivity contribution in [1.29, 1.82) is 0 Å². The number of anilines is 2. The van der Waals surface area contributed by atoms with Crippen LogP contribution in [0.4, 0.5) is 10.8 Å². The lowest BCUT2D eigenvalue weighted by Gasteiger charge is -2.20. The molecule has 1 amide bonds. The van der Waals surface area contributed by atoms with E-state index in [1.807, 2.05) is 6.92 Å². The molecule has 0 saturated carbocycles. The minimum atomic E-state index is -3.86. The Kier molecular flexibility index (Phi) is 6.95. The average molecular weight is 465 g/mol. The second-order valence-corrected chi connectivity index (χ2v) is 10.4. The fourth-order valence-corrected chi connectivity index (χ4v) is 5.38. The van der Waals surface area contributed by atoms with Crippen LogP contribution < -0.4 is 14.4 Å². The molecular formula is C19H20N4O4S3. The molecule has 0 spiro atoms. The number of amides is 1. The van der Waals surface area contributed by atoms with Crippen LogP contribution in [0.15, 0.2) is 57.8 Å². The monoisotopic (exact) mass is 464 g/mol. The summed E-state index contributed by atoms with van der Waals surface area (Å²) in [7, 11) is -0.865. The number of rotatable bonds is 8. The van der Waals surface area contributed by atoms with Crippen LogP contribution in [0.2, 0.25) is 0 Å². The highest BCUT2D eigenvalue weighted by Gasteiger charge is 2.23. The van der Waals surface area contributed by atoms with E-state index in [1.54, 1.807) is 30.3 Å². The Bertz CT molecular complexity index is 1130. The summed E-state index contributed by atoms with van der Waals surface area (Å²) in [5.41, 5.74) is 0.680. The van der Waals surface area contributed by atoms with Gasteiger partial charge in [-0.2, -0.15) is 0 Å². The lowest BCUT2D eigenvalue weighted by Crippen LogP contribution is -2.26. The smallest absolute Gasteiger partial charge is 0.264 e. The van der Waals surface area contributed by atoms with Crippen LogP contribution in [0, 0.1) is 0 Å². The number of sulfonamides is 1. The van der Waals surface area contributed by atoms with Gasteiger partial charge in [-0.25, -0.2) is 8.42 Å². The van der Waals surface area contributed by atoms with Crippen molar-refractivity contribution in [2.75, 3.05) is 29.5 Å². The summed E-state index contributed by atoms with van der Waals surface area (Å²) in [6.07, 6.45) is 0. The van der Waals surface area contributed by atoms with E-state index in [0.29, 0.717) is 16.6 Å². The lowest BCUT2D eigenvalue weighted by molar-refractivity contribution is 0.102. The van der Waals surface area contributed by atoms with Crippen molar-refractivity contribution in [1.82, 2.24) is 10.2 Å². The SMILES string of the molecule is CCSc1nnc(NC(=O)c2cccc(S(=O)(=O)N(C)c3ccc(OC)cc3)c2)s1. The third kappa shape index (κ3) is 4.91.